The van der Waals surface area contributed by atoms with Crippen molar-refractivity contribution < 1.29 is 4.74 Å². The molecule has 0 fully saturated rings. The van der Waals surface area contributed by atoms with Crippen LogP contribution in [0.2, 0.25) is 0 Å². The topological polar surface area (TPSA) is 9.23 Å². The van der Waals surface area contributed by atoms with E-state index < -0.39 is 0 Å². The fourth-order valence-electron chi connectivity index (χ4n) is 2.03. The maximum Gasteiger partial charge on any atom is 0.122 e. The average Bonchev–Trinajstić information content (AvgIpc) is 2.40. The lowest BCUT2D eigenvalue weighted by atomic mass is 10.0. The number of rotatable bonds is 4. The second-order valence-electron chi connectivity index (χ2n) is 4.14. The lowest BCUT2D eigenvalue weighted by Gasteiger charge is -2.10. The van der Waals surface area contributed by atoms with E-state index in [-0.39, 0.29) is 0 Å². The highest BCUT2D eigenvalue weighted by Gasteiger charge is 2.04. The number of hydrogen-bond donors (Lipinski definition) is 0. The first-order valence-electron chi connectivity index (χ1n) is 6.07. The molecule has 0 atom stereocenters. The van der Waals surface area contributed by atoms with Gasteiger partial charge in [-0.25, -0.2) is 0 Å². The fraction of sp³-hybridized carbons (Fsp3) is 0.250. The molecule has 0 spiro atoms. The van der Waals surface area contributed by atoms with Crippen molar-refractivity contribution in [1.29, 1.82) is 0 Å². The number of ether oxygens (including phenoxy) is 1. The lowest BCUT2D eigenvalue weighted by molar-refractivity contribution is 0.409. The van der Waals surface area contributed by atoms with E-state index in [4.69, 9.17) is 4.74 Å². The van der Waals surface area contributed by atoms with Gasteiger partial charge in [0.2, 0.25) is 0 Å². The van der Waals surface area contributed by atoms with Crippen molar-refractivity contribution in [3.63, 3.8) is 0 Å². The second-order valence-corrected chi connectivity index (χ2v) is 4.14. The summed E-state index contributed by atoms with van der Waals surface area (Å²) in [7, 11) is 1.74. The molecule has 1 nitrogen and oxygen atoms in total. The molecular formula is C16H18O. The van der Waals surface area contributed by atoms with Crippen molar-refractivity contribution in [3.05, 3.63) is 54.1 Å². The third kappa shape index (κ3) is 2.68. The van der Waals surface area contributed by atoms with Crippen LogP contribution in [0.5, 0.6) is 5.75 Å². The molecule has 1 heteroatoms. The van der Waals surface area contributed by atoms with Crippen molar-refractivity contribution >= 4 is 0 Å². The molecule has 0 unspecified atom stereocenters. The molecule has 0 saturated carbocycles. The van der Waals surface area contributed by atoms with Gasteiger partial charge in [-0.05, 0) is 29.2 Å². The third-order valence-electron chi connectivity index (χ3n) is 2.91. The van der Waals surface area contributed by atoms with Crippen LogP contribution in [0, 0.1) is 0 Å². The number of aryl methyl sites for hydroxylation is 1. The van der Waals surface area contributed by atoms with Crippen LogP contribution in [-0.2, 0) is 6.42 Å². The minimum atomic E-state index is 0.994. The highest BCUT2D eigenvalue weighted by molar-refractivity contribution is 5.66. The van der Waals surface area contributed by atoms with Crippen LogP contribution < -0.4 is 4.74 Å². The Hall–Kier alpha value is -1.76. The summed E-state index contributed by atoms with van der Waals surface area (Å²) in [5, 5.41) is 0. The van der Waals surface area contributed by atoms with Crippen molar-refractivity contribution in [2.45, 2.75) is 19.8 Å². The van der Waals surface area contributed by atoms with E-state index in [0.29, 0.717) is 0 Å². The minimum Gasteiger partial charge on any atom is -0.496 e. The molecule has 17 heavy (non-hydrogen) atoms. The molecule has 0 aliphatic rings. The monoisotopic (exact) mass is 226 g/mol. The van der Waals surface area contributed by atoms with Gasteiger partial charge in [-0.3, -0.25) is 0 Å². The molecule has 0 amide bonds. The van der Waals surface area contributed by atoms with E-state index >= 15 is 0 Å². The number of methoxy groups -OCH3 is 1. The summed E-state index contributed by atoms with van der Waals surface area (Å²) >= 11 is 0. The summed E-state index contributed by atoms with van der Waals surface area (Å²) < 4.78 is 5.46. The second kappa shape index (κ2) is 5.53. The molecule has 0 heterocycles. The zero-order valence-corrected chi connectivity index (χ0v) is 10.4. The summed E-state index contributed by atoms with van der Waals surface area (Å²) in [5.41, 5.74) is 3.73. The van der Waals surface area contributed by atoms with Gasteiger partial charge >= 0.3 is 0 Å². The number of benzene rings is 2. The van der Waals surface area contributed by atoms with Crippen molar-refractivity contribution in [2.24, 2.45) is 0 Å². The molecule has 88 valence electrons. The summed E-state index contributed by atoms with van der Waals surface area (Å²) in [6.07, 6.45) is 2.21. The van der Waals surface area contributed by atoms with Crippen molar-refractivity contribution in [2.75, 3.05) is 7.11 Å². The van der Waals surface area contributed by atoms with Crippen LogP contribution >= 0.6 is 0 Å². The highest BCUT2D eigenvalue weighted by Crippen LogP contribution is 2.27. The van der Waals surface area contributed by atoms with Crippen LogP contribution in [0.15, 0.2) is 48.5 Å². The molecule has 0 aromatic heterocycles. The normalized spacial score (nSPS) is 10.2. The predicted octanol–water partition coefficient (Wildman–Crippen LogP) is 4.31. The van der Waals surface area contributed by atoms with Crippen LogP contribution in [0.4, 0.5) is 0 Å². The molecule has 2 aromatic rings. The van der Waals surface area contributed by atoms with Gasteiger partial charge in [-0.1, -0.05) is 55.8 Å². The lowest BCUT2D eigenvalue weighted by Crippen LogP contribution is -1.92. The fourth-order valence-corrected chi connectivity index (χ4v) is 2.03. The highest BCUT2D eigenvalue weighted by atomic mass is 16.5. The Morgan fingerprint density at radius 3 is 2.35 bits per heavy atom. The molecule has 0 saturated heterocycles. The van der Waals surface area contributed by atoms with E-state index in [9.17, 15) is 0 Å². The summed E-state index contributed by atoms with van der Waals surface area (Å²) in [5.74, 6) is 0.994. The Morgan fingerprint density at radius 2 is 1.71 bits per heavy atom. The maximum atomic E-state index is 5.46. The van der Waals surface area contributed by atoms with Gasteiger partial charge in [-0.15, -0.1) is 0 Å². The quantitative estimate of drug-likeness (QED) is 0.754. The van der Waals surface area contributed by atoms with Gasteiger partial charge in [0.05, 0.1) is 7.11 Å². The standard InChI is InChI=1S/C16H18O/c1-3-7-14-10-11-15(12-16(14)17-2)13-8-5-4-6-9-13/h4-6,8-12H,3,7H2,1-2H3. The van der Waals surface area contributed by atoms with E-state index in [1.807, 2.05) is 6.07 Å². The van der Waals surface area contributed by atoms with E-state index in [0.717, 1.165) is 18.6 Å². The zero-order valence-electron chi connectivity index (χ0n) is 10.4. The predicted molar refractivity (Wildman–Crippen MR) is 72.4 cm³/mol. The van der Waals surface area contributed by atoms with Crippen LogP contribution in [-0.4, -0.2) is 7.11 Å². The Labute approximate surface area is 103 Å². The molecule has 2 aromatic carbocycles. The van der Waals surface area contributed by atoms with E-state index in [1.54, 1.807) is 7.11 Å². The van der Waals surface area contributed by atoms with Crippen molar-refractivity contribution in [1.82, 2.24) is 0 Å². The SMILES string of the molecule is CCCc1ccc(-c2ccccc2)cc1OC. The summed E-state index contributed by atoms with van der Waals surface area (Å²) in [6, 6.07) is 16.9. The maximum absolute atomic E-state index is 5.46. The first-order valence-corrected chi connectivity index (χ1v) is 6.07. The van der Waals surface area contributed by atoms with Crippen molar-refractivity contribution in [3.8, 4) is 16.9 Å². The summed E-state index contributed by atoms with van der Waals surface area (Å²) in [6.45, 7) is 2.19. The molecular weight excluding hydrogens is 208 g/mol. The molecule has 2 rings (SSSR count). The Morgan fingerprint density at radius 1 is 0.941 bits per heavy atom. The average molecular weight is 226 g/mol. The molecule has 0 radical (unpaired) electrons. The van der Waals surface area contributed by atoms with Gasteiger partial charge < -0.3 is 4.74 Å². The third-order valence-corrected chi connectivity index (χ3v) is 2.91. The smallest absolute Gasteiger partial charge is 0.122 e. The van der Waals surface area contributed by atoms with Gasteiger partial charge in [0, 0.05) is 0 Å². The van der Waals surface area contributed by atoms with Crippen LogP contribution in [0.25, 0.3) is 11.1 Å². The molecule has 0 aliphatic carbocycles. The Kier molecular flexibility index (Phi) is 3.81. The Bertz CT molecular complexity index is 474. The van der Waals surface area contributed by atoms with E-state index in [1.165, 1.54) is 16.7 Å². The molecule has 0 bridgehead atoms. The van der Waals surface area contributed by atoms with E-state index in [2.05, 4.69) is 49.4 Å². The summed E-state index contributed by atoms with van der Waals surface area (Å²) in [4.78, 5) is 0. The first kappa shape index (κ1) is 11.7. The largest absolute Gasteiger partial charge is 0.496 e. The number of hydrogen-bond acceptors (Lipinski definition) is 1. The minimum absolute atomic E-state index is 0.994. The van der Waals surface area contributed by atoms with Gasteiger partial charge in [-0.2, -0.15) is 0 Å². The van der Waals surface area contributed by atoms with Gasteiger partial charge in [0.1, 0.15) is 5.75 Å². The first-order chi connectivity index (χ1) is 8.35. The van der Waals surface area contributed by atoms with Gasteiger partial charge in [0.25, 0.3) is 0 Å². The van der Waals surface area contributed by atoms with Gasteiger partial charge in [0.15, 0.2) is 0 Å². The van der Waals surface area contributed by atoms with Crippen LogP contribution in [0.1, 0.15) is 18.9 Å². The zero-order chi connectivity index (χ0) is 12.1. The van der Waals surface area contributed by atoms with Crippen LogP contribution in [0.3, 0.4) is 0 Å². The Balaban J connectivity index is 2.38. The molecule has 0 aliphatic heterocycles. The molecule has 0 N–H and O–H groups in total.